The fourth-order valence-electron chi connectivity index (χ4n) is 2.61. The summed E-state index contributed by atoms with van der Waals surface area (Å²) in [5.41, 5.74) is 5.15. The number of ether oxygens (including phenoxy) is 1. The molecule has 3 rings (SSSR count). The maximum atomic E-state index is 12.0. The smallest absolute Gasteiger partial charge is 0.262 e. The molecule has 5 heteroatoms. The van der Waals surface area contributed by atoms with E-state index < -0.39 is 0 Å². The molecule has 0 atom stereocenters. The normalized spacial score (nSPS) is 10.3. The van der Waals surface area contributed by atoms with Gasteiger partial charge in [-0.1, -0.05) is 35.4 Å². The SMILES string of the molecule is Cc1ccc(OCC(=O)Nc2ccc(Nc3ccc(C)cc3C)nc2)cc1. The number of aryl methyl sites for hydroxylation is 3. The molecule has 1 heterocycles. The van der Waals surface area contributed by atoms with Crippen LogP contribution in [0, 0.1) is 20.8 Å². The lowest BCUT2D eigenvalue weighted by Crippen LogP contribution is -2.20. The highest BCUT2D eigenvalue weighted by Gasteiger charge is 2.05. The van der Waals surface area contributed by atoms with Crippen molar-refractivity contribution in [2.75, 3.05) is 17.2 Å². The molecule has 5 nitrogen and oxygen atoms in total. The Morgan fingerprint density at radius 2 is 1.70 bits per heavy atom. The largest absolute Gasteiger partial charge is 0.484 e. The van der Waals surface area contributed by atoms with Crippen LogP contribution in [0.5, 0.6) is 5.75 Å². The molecule has 3 aromatic rings. The number of carbonyl (C=O) groups excluding carboxylic acids is 1. The molecule has 2 aromatic carbocycles. The molecule has 0 aliphatic carbocycles. The van der Waals surface area contributed by atoms with E-state index in [4.69, 9.17) is 4.74 Å². The predicted octanol–water partition coefficient (Wildman–Crippen LogP) is 4.77. The fourth-order valence-corrected chi connectivity index (χ4v) is 2.61. The second kappa shape index (κ2) is 8.36. The van der Waals surface area contributed by atoms with Crippen molar-refractivity contribution in [2.45, 2.75) is 20.8 Å². The number of rotatable bonds is 6. The number of hydrogen-bond donors (Lipinski definition) is 2. The zero-order valence-electron chi connectivity index (χ0n) is 15.7. The van der Waals surface area contributed by atoms with Gasteiger partial charge < -0.3 is 15.4 Å². The molecule has 1 aromatic heterocycles. The molecule has 0 saturated heterocycles. The Bertz CT molecular complexity index is 919. The van der Waals surface area contributed by atoms with Crippen molar-refractivity contribution in [3.05, 3.63) is 77.5 Å². The van der Waals surface area contributed by atoms with Gasteiger partial charge in [-0.25, -0.2) is 4.98 Å². The zero-order valence-corrected chi connectivity index (χ0v) is 15.7. The lowest BCUT2D eigenvalue weighted by molar-refractivity contribution is -0.118. The molecule has 1 amide bonds. The summed E-state index contributed by atoms with van der Waals surface area (Å²) in [5, 5.41) is 6.06. The van der Waals surface area contributed by atoms with Gasteiger partial charge in [-0.05, 0) is 56.7 Å². The molecule has 27 heavy (non-hydrogen) atoms. The van der Waals surface area contributed by atoms with E-state index in [9.17, 15) is 4.79 Å². The maximum Gasteiger partial charge on any atom is 0.262 e. The Morgan fingerprint density at radius 1 is 0.963 bits per heavy atom. The highest BCUT2D eigenvalue weighted by molar-refractivity contribution is 5.91. The average Bonchev–Trinajstić information content (AvgIpc) is 2.65. The highest BCUT2D eigenvalue weighted by atomic mass is 16.5. The van der Waals surface area contributed by atoms with Gasteiger partial charge in [-0.3, -0.25) is 4.79 Å². The molecule has 0 aliphatic rings. The molecule has 0 bridgehead atoms. The van der Waals surface area contributed by atoms with Crippen molar-refractivity contribution < 1.29 is 9.53 Å². The van der Waals surface area contributed by atoms with Crippen LogP contribution in [-0.2, 0) is 4.79 Å². The molecule has 2 N–H and O–H groups in total. The number of benzene rings is 2. The average molecular weight is 361 g/mol. The van der Waals surface area contributed by atoms with Gasteiger partial charge in [0.15, 0.2) is 6.61 Å². The minimum absolute atomic E-state index is 0.0500. The fraction of sp³-hybridized carbons (Fsp3) is 0.182. The summed E-state index contributed by atoms with van der Waals surface area (Å²) in [4.78, 5) is 16.4. The number of carbonyl (C=O) groups is 1. The van der Waals surface area contributed by atoms with Crippen molar-refractivity contribution >= 4 is 23.1 Å². The van der Waals surface area contributed by atoms with Gasteiger partial charge in [-0.2, -0.15) is 0 Å². The quantitative estimate of drug-likeness (QED) is 0.664. The first-order valence-corrected chi connectivity index (χ1v) is 8.79. The van der Waals surface area contributed by atoms with Crippen molar-refractivity contribution in [2.24, 2.45) is 0 Å². The van der Waals surface area contributed by atoms with Crippen LogP contribution in [-0.4, -0.2) is 17.5 Å². The van der Waals surface area contributed by atoms with Crippen molar-refractivity contribution in [1.82, 2.24) is 4.98 Å². The van der Waals surface area contributed by atoms with Gasteiger partial charge in [0.2, 0.25) is 0 Å². The lowest BCUT2D eigenvalue weighted by atomic mass is 10.1. The number of hydrogen-bond acceptors (Lipinski definition) is 4. The topological polar surface area (TPSA) is 63.2 Å². The van der Waals surface area contributed by atoms with E-state index in [0.29, 0.717) is 11.4 Å². The van der Waals surface area contributed by atoms with E-state index in [1.165, 1.54) is 5.56 Å². The first kappa shape index (κ1) is 18.5. The van der Waals surface area contributed by atoms with E-state index in [1.807, 2.05) is 49.4 Å². The third kappa shape index (κ3) is 5.31. The molecule has 0 unspecified atom stereocenters. The Labute approximate surface area is 159 Å². The van der Waals surface area contributed by atoms with Gasteiger partial charge in [0.05, 0.1) is 11.9 Å². The molecule has 0 aliphatic heterocycles. The van der Waals surface area contributed by atoms with Crippen LogP contribution in [0.2, 0.25) is 0 Å². The van der Waals surface area contributed by atoms with Crippen LogP contribution in [0.25, 0.3) is 0 Å². The van der Waals surface area contributed by atoms with Crippen LogP contribution in [0.1, 0.15) is 16.7 Å². The summed E-state index contributed by atoms with van der Waals surface area (Å²) in [5.74, 6) is 1.16. The van der Waals surface area contributed by atoms with Crippen LogP contribution in [0.15, 0.2) is 60.8 Å². The van der Waals surface area contributed by atoms with E-state index in [1.54, 1.807) is 6.20 Å². The van der Waals surface area contributed by atoms with E-state index in [2.05, 4.69) is 41.6 Å². The Hall–Kier alpha value is -3.34. The molecule has 0 fully saturated rings. The van der Waals surface area contributed by atoms with Crippen molar-refractivity contribution in [1.29, 1.82) is 0 Å². The van der Waals surface area contributed by atoms with Crippen LogP contribution < -0.4 is 15.4 Å². The van der Waals surface area contributed by atoms with Crippen molar-refractivity contribution in [3.8, 4) is 5.75 Å². The molecular weight excluding hydrogens is 338 g/mol. The van der Waals surface area contributed by atoms with Crippen LogP contribution in [0.3, 0.4) is 0 Å². The Kier molecular flexibility index (Phi) is 5.71. The van der Waals surface area contributed by atoms with E-state index in [0.717, 1.165) is 22.6 Å². The molecule has 0 saturated carbocycles. The summed E-state index contributed by atoms with van der Waals surface area (Å²) in [6.45, 7) is 6.07. The number of anilines is 3. The van der Waals surface area contributed by atoms with Crippen molar-refractivity contribution in [3.63, 3.8) is 0 Å². The first-order valence-electron chi connectivity index (χ1n) is 8.79. The van der Waals surface area contributed by atoms with Crippen LogP contribution >= 0.6 is 0 Å². The van der Waals surface area contributed by atoms with Gasteiger partial charge in [0.1, 0.15) is 11.6 Å². The minimum Gasteiger partial charge on any atom is -0.484 e. The molecule has 0 spiro atoms. The zero-order chi connectivity index (χ0) is 19.2. The summed E-state index contributed by atoms with van der Waals surface area (Å²) in [6, 6.07) is 17.4. The number of pyridine rings is 1. The predicted molar refractivity (Wildman–Crippen MR) is 109 cm³/mol. The van der Waals surface area contributed by atoms with E-state index in [-0.39, 0.29) is 12.5 Å². The number of amides is 1. The Balaban J connectivity index is 1.53. The summed E-state index contributed by atoms with van der Waals surface area (Å²) >= 11 is 0. The second-order valence-electron chi connectivity index (χ2n) is 6.53. The monoisotopic (exact) mass is 361 g/mol. The number of nitrogens with one attached hydrogen (secondary N) is 2. The number of nitrogens with zero attached hydrogens (tertiary/aromatic N) is 1. The highest BCUT2D eigenvalue weighted by Crippen LogP contribution is 2.21. The van der Waals surface area contributed by atoms with Crippen LogP contribution in [0.4, 0.5) is 17.2 Å². The first-order chi connectivity index (χ1) is 13.0. The molecule has 0 radical (unpaired) electrons. The minimum atomic E-state index is -0.229. The van der Waals surface area contributed by atoms with E-state index >= 15 is 0 Å². The van der Waals surface area contributed by atoms with Gasteiger partial charge in [-0.15, -0.1) is 0 Å². The Morgan fingerprint density at radius 3 is 2.37 bits per heavy atom. The molecule has 138 valence electrons. The standard InChI is InChI=1S/C22H23N3O2/c1-15-4-8-19(9-5-15)27-14-22(26)24-18-7-11-21(23-13-18)25-20-10-6-16(2)12-17(20)3/h4-13H,14H2,1-3H3,(H,23,25)(H,24,26). The lowest BCUT2D eigenvalue weighted by Gasteiger charge is -2.11. The number of aromatic nitrogens is 1. The third-order valence-corrected chi connectivity index (χ3v) is 4.08. The van der Waals surface area contributed by atoms with Gasteiger partial charge in [0, 0.05) is 5.69 Å². The second-order valence-corrected chi connectivity index (χ2v) is 6.53. The summed E-state index contributed by atoms with van der Waals surface area (Å²) < 4.78 is 5.48. The summed E-state index contributed by atoms with van der Waals surface area (Å²) in [7, 11) is 0. The van der Waals surface area contributed by atoms with Gasteiger partial charge >= 0.3 is 0 Å². The summed E-state index contributed by atoms with van der Waals surface area (Å²) in [6.07, 6.45) is 1.62. The van der Waals surface area contributed by atoms with Gasteiger partial charge in [0.25, 0.3) is 5.91 Å². The molecular formula is C22H23N3O2. The maximum absolute atomic E-state index is 12.0. The third-order valence-electron chi connectivity index (χ3n) is 4.08.